The fourth-order valence-electron chi connectivity index (χ4n) is 1.20. The van der Waals surface area contributed by atoms with Crippen molar-refractivity contribution in [3.05, 3.63) is 28.2 Å². The van der Waals surface area contributed by atoms with Crippen molar-refractivity contribution >= 4 is 33.4 Å². The SMILES string of the molecule is Cc1ccc(NC(=O)C(C)(C)C(N)=NO)cc1Br. The summed E-state index contributed by atoms with van der Waals surface area (Å²) in [4.78, 5) is 12.0. The fraction of sp³-hybridized carbons (Fsp3) is 0.333. The number of amides is 1. The van der Waals surface area contributed by atoms with Crippen LogP contribution < -0.4 is 11.1 Å². The van der Waals surface area contributed by atoms with Crippen molar-refractivity contribution in [3.63, 3.8) is 0 Å². The molecule has 0 saturated heterocycles. The number of amidine groups is 1. The van der Waals surface area contributed by atoms with Crippen LogP contribution in [0.25, 0.3) is 0 Å². The lowest BCUT2D eigenvalue weighted by molar-refractivity contribution is -0.121. The number of halogens is 1. The van der Waals surface area contributed by atoms with Crippen molar-refractivity contribution in [3.8, 4) is 0 Å². The van der Waals surface area contributed by atoms with Gasteiger partial charge in [-0.1, -0.05) is 27.2 Å². The quantitative estimate of drug-likeness (QED) is 0.347. The monoisotopic (exact) mass is 313 g/mol. The molecule has 0 heterocycles. The number of nitrogens with two attached hydrogens (primary N) is 1. The van der Waals surface area contributed by atoms with E-state index in [9.17, 15) is 4.79 Å². The van der Waals surface area contributed by atoms with E-state index in [1.54, 1.807) is 26.0 Å². The van der Waals surface area contributed by atoms with Gasteiger partial charge in [-0.15, -0.1) is 0 Å². The molecule has 98 valence electrons. The molecule has 0 saturated carbocycles. The standard InChI is InChI=1S/C12H16BrN3O2/c1-7-4-5-8(6-9(7)13)15-11(17)12(2,3)10(14)16-18/h4-6,18H,1-3H3,(H2,14,16)(H,15,17). The zero-order valence-electron chi connectivity index (χ0n) is 10.5. The molecule has 1 rings (SSSR count). The topological polar surface area (TPSA) is 87.7 Å². The van der Waals surface area contributed by atoms with E-state index in [-0.39, 0.29) is 11.7 Å². The first-order valence-electron chi connectivity index (χ1n) is 5.34. The fourth-order valence-corrected chi connectivity index (χ4v) is 1.58. The molecule has 0 aliphatic rings. The summed E-state index contributed by atoms with van der Waals surface area (Å²) < 4.78 is 0.905. The van der Waals surface area contributed by atoms with Gasteiger partial charge in [0.05, 0.1) is 0 Å². The van der Waals surface area contributed by atoms with E-state index in [4.69, 9.17) is 10.9 Å². The molecule has 0 bridgehead atoms. The van der Waals surface area contributed by atoms with Gasteiger partial charge in [0.1, 0.15) is 5.41 Å². The van der Waals surface area contributed by atoms with Crippen LogP contribution >= 0.6 is 15.9 Å². The summed E-state index contributed by atoms with van der Waals surface area (Å²) >= 11 is 3.39. The normalized spacial score (nSPS) is 12.3. The maximum absolute atomic E-state index is 12.0. The van der Waals surface area contributed by atoms with Gasteiger partial charge < -0.3 is 16.3 Å². The van der Waals surface area contributed by atoms with Crippen LogP contribution in [0.2, 0.25) is 0 Å². The first kappa shape index (κ1) is 14.5. The average molecular weight is 314 g/mol. The molecule has 0 aromatic heterocycles. The Morgan fingerprint density at radius 1 is 1.50 bits per heavy atom. The summed E-state index contributed by atoms with van der Waals surface area (Å²) in [5.41, 5.74) is 6.13. The molecule has 0 aliphatic heterocycles. The number of nitrogens with zero attached hydrogens (tertiary/aromatic N) is 1. The van der Waals surface area contributed by atoms with Crippen LogP contribution in [-0.4, -0.2) is 17.0 Å². The molecule has 0 atom stereocenters. The summed E-state index contributed by atoms with van der Waals surface area (Å²) in [6.45, 7) is 5.12. The first-order chi connectivity index (χ1) is 8.28. The molecule has 0 spiro atoms. The zero-order valence-corrected chi connectivity index (χ0v) is 12.1. The van der Waals surface area contributed by atoms with Crippen molar-refractivity contribution in [2.45, 2.75) is 20.8 Å². The molecule has 0 fully saturated rings. The highest BCUT2D eigenvalue weighted by molar-refractivity contribution is 9.10. The molecule has 4 N–H and O–H groups in total. The summed E-state index contributed by atoms with van der Waals surface area (Å²) in [7, 11) is 0. The lowest BCUT2D eigenvalue weighted by Gasteiger charge is -2.21. The highest BCUT2D eigenvalue weighted by Gasteiger charge is 2.32. The molecule has 6 heteroatoms. The molecule has 18 heavy (non-hydrogen) atoms. The second-order valence-corrected chi connectivity index (χ2v) is 5.38. The van der Waals surface area contributed by atoms with E-state index < -0.39 is 5.41 Å². The maximum Gasteiger partial charge on any atom is 0.237 e. The van der Waals surface area contributed by atoms with Crippen LogP contribution in [0.4, 0.5) is 5.69 Å². The van der Waals surface area contributed by atoms with Gasteiger partial charge in [0.2, 0.25) is 5.91 Å². The molecule has 1 aromatic rings. The molecule has 1 aromatic carbocycles. The Hall–Kier alpha value is -1.56. The summed E-state index contributed by atoms with van der Waals surface area (Å²) in [6.07, 6.45) is 0. The molecule has 0 radical (unpaired) electrons. The van der Waals surface area contributed by atoms with Crippen LogP contribution in [0.5, 0.6) is 0 Å². The number of rotatable bonds is 3. The number of carbonyl (C=O) groups excluding carboxylic acids is 1. The molecule has 1 amide bonds. The highest BCUT2D eigenvalue weighted by atomic mass is 79.9. The number of aryl methyl sites for hydroxylation is 1. The third-order valence-electron chi connectivity index (χ3n) is 2.75. The number of anilines is 1. The van der Waals surface area contributed by atoms with Crippen molar-refractivity contribution in [2.75, 3.05) is 5.32 Å². The molecular formula is C12H16BrN3O2. The second kappa shape index (κ2) is 5.39. The minimum Gasteiger partial charge on any atom is -0.409 e. The Morgan fingerprint density at radius 3 is 2.61 bits per heavy atom. The largest absolute Gasteiger partial charge is 0.409 e. The number of nitrogens with one attached hydrogen (secondary N) is 1. The summed E-state index contributed by atoms with van der Waals surface area (Å²) in [5.74, 6) is -0.472. The minimum atomic E-state index is -1.08. The summed E-state index contributed by atoms with van der Waals surface area (Å²) in [5, 5.41) is 14.2. The van der Waals surface area contributed by atoms with Crippen LogP contribution in [0, 0.1) is 12.3 Å². The zero-order chi connectivity index (χ0) is 13.9. The molecular weight excluding hydrogens is 298 g/mol. The van der Waals surface area contributed by atoms with Crippen molar-refractivity contribution in [1.82, 2.24) is 0 Å². The second-order valence-electron chi connectivity index (χ2n) is 4.53. The smallest absolute Gasteiger partial charge is 0.237 e. The predicted molar refractivity (Wildman–Crippen MR) is 74.7 cm³/mol. The lowest BCUT2D eigenvalue weighted by Crippen LogP contribution is -2.42. The minimum absolute atomic E-state index is 0.133. The van der Waals surface area contributed by atoms with Gasteiger partial charge in [-0.25, -0.2) is 0 Å². The van der Waals surface area contributed by atoms with Gasteiger partial charge in [0.15, 0.2) is 5.84 Å². The van der Waals surface area contributed by atoms with Gasteiger partial charge in [-0.05, 0) is 38.5 Å². The van der Waals surface area contributed by atoms with Gasteiger partial charge in [0, 0.05) is 10.2 Å². The van der Waals surface area contributed by atoms with Crippen LogP contribution in [0.15, 0.2) is 27.8 Å². The van der Waals surface area contributed by atoms with Gasteiger partial charge >= 0.3 is 0 Å². The van der Waals surface area contributed by atoms with Gasteiger partial charge in [-0.3, -0.25) is 4.79 Å². The lowest BCUT2D eigenvalue weighted by atomic mass is 9.91. The van der Waals surface area contributed by atoms with Crippen LogP contribution in [0.3, 0.4) is 0 Å². The van der Waals surface area contributed by atoms with Crippen LogP contribution in [-0.2, 0) is 4.79 Å². The van der Waals surface area contributed by atoms with Crippen molar-refractivity contribution in [1.29, 1.82) is 0 Å². The number of hydrogen-bond donors (Lipinski definition) is 3. The van der Waals surface area contributed by atoms with E-state index in [1.807, 2.05) is 13.0 Å². The van der Waals surface area contributed by atoms with Crippen molar-refractivity contribution in [2.24, 2.45) is 16.3 Å². The van der Waals surface area contributed by atoms with E-state index in [2.05, 4.69) is 26.4 Å². The van der Waals surface area contributed by atoms with Gasteiger partial charge in [-0.2, -0.15) is 0 Å². The Balaban J connectivity index is 2.91. The Kier molecular flexibility index (Phi) is 4.34. The number of hydrogen-bond acceptors (Lipinski definition) is 3. The first-order valence-corrected chi connectivity index (χ1v) is 6.14. The van der Waals surface area contributed by atoms with E-state index in [0.29, 0.717) is 5.69 Å². The number of oxime groups is 1. The highest BCUT2D eigenvalue weighted by Crippen LogP contribution is 2.23. The average Bonchev–Trinajstić information content (AvgIpc) is 2.32. The third kappa shape index (κ3) is 3.01. The Morgan fingerprint density at radius 2 is 2.11 bits per heavy atom. The van der Waals surface area contributed by atoms with E-state index in [1.165, 1.54) is 0 Å². The number of benzene rings is 1. The molecule has 0 aliphatic carbocycles. The molecule has 0 unspecified atom stereocenters. The van der Waals surface area contributed by atoms with Crippen LogP contribution in [0.1, 0.15) is 19.4 Å². The third-order valence-corrected chi connectivity index (χ3v) is 3.60. The number of carbonyl (C=O) groups is 1. The Bertz CT molecular complexity index is 498. The maximum atomic E-state index is 12.0. The van der Waals surface area contributed by atoms with E-state index in [0.717, 1.165) is 10.0 Å². The van der Waals surface area contributed by atoms with E-state index >= 15 is 0 Å². The van der Waals surface area contributed by atoms with Crippen molar-refractivity contribution < 1.29 is 10.0 Å². The van der Waals surface area contributed by atoms with Gasteiger partial charge in [0.25, 0.3) is 0 Å². The summed E-state index contributed by atoms with van der Waals surface area (Å²) in [6, 6.07) is 5.48. The molecule has 5 nitrogen and oxygen atoms in total. The Labute approximate surface area is 114 Å². The predicted octanol–water partition coefficient (Wildman–Crippen LogP) is 2.47.